The molecule has 2 amide bonds. The first kappa shape index (κ1) is 21.3. The molecule has 3 heterocycles. The van der Waals surface area contributed by atoms with Gasteiger partial charge in [-0.2, -0.15) is 5.10 Å². The summed E-state index contributed by atoms with van der Waals surface area (Å²) in [6.45, 7) is 6.15. The zero-order chi connectivity index (χ0) is 23.5. The Morgan fingerprint density at radius 1 is 1.15 bits per heavy atom. The highest BCUT2D eigenvalue weighted by Crippen LogP contribution is 2.46. The summed E-state index contributed by atoms with van der Waals surface area (Å²) in [6, 6.07) is 11.7. The number of carbonyl (C=O) groups is 1. The van der Waals surface area contributed by atoms with Crippen LogP contribution in [0.1, 0.15) is 37.8 Å². The van der Waals surface area contributed by atoms with E-state index in [2.05, 4.69) is 10.4 Å². The smallest absolute Gasteiger partial charge is 0.328 e. The molecule has 1 fully saturated rings. The van der Waals surface area contributed by atoms with Gasteiger partial charge in [-0.25, -0.2) is 14.5 Å². The number of aliphatic imine (C=N–C) groups is 1. The van der Waals surface area contributed by atoms with Crippen molar-refractivity contribution in [3.8, 4) is 11.5 Å². The number of nitrogens with zero attached hydrogens (tertiary/aromatic N) is 4. The van der Waals surface area contributed by atoms with Crippen LogP contribution in [0.5, 0.6) is 11.5 Å². The first-order valence-corrected chi connectivity index (χ1v) is 11.0. The number of rotatable bonds is 3. The van der Waals surface area contributed by atoms with Crippen molar-refractivity contribution in [2.45, 2.75) is 38.3 Å². The number of halogens is 1. The highest BCUT2D eigenvalue weighted by Gasteiger charge is 2.48. The van der Waals surface area contributed by atoms with E-state index >= 15 is 0 Å². The van der Waals surface area contributed by atoms with E-state index in [0.717, 1.165) is 11.1 Å². The predicted molar refractivity (Wildman–Crippen MR) is 127 cm³/mol. The van der Waals surface area contributed by atoms with Crippen LogP contribution in [-0.2, 0) is 5.54 Å². The van der Waals surface area contributed by atoms with Gasteiger partial charge in [-0.3, -0.25) is 10.2 Å². The number of methoxy groups -OCH3 is 1. The summed E-state index contributed by atoms with van der Waals surface area (Å²) in [6.07, 6.45) is 1.80. The number of aromatic nitrogens is 2. The van der Waals surface area contributed by atoms with Crippen LogP contribution in [0.2, 0.25) is 5.02 Å². The molecule has 0 spiro atoms. The minimum atomic E-state index is -0.448. The fourth-order valence-electron chi connectivity index (χ4n) is 4.50. The van der Waals surface area contributed by atoms with E-state index in [1.54, 1.807) is 35.4 Å². The summed E-state index contributed by atoms with van der Waals surface area (Å²) in [5.41, 5.74) is 2.08. The lowest BCUT2D eigenvalue weighted by molar-refractivity contribution is 0.252. The van der Waals surface area contributed by atoms with E-state index in [9.17, 15) is 9.90 Å². The Hall–Kier alpha value is -3.52. The predicted octanol–water partition coefficient (Wildman–Crippen LogP) is 4.78. The van der Waals surface area contributed by atoms with Gasteiger partial charge >= 0.3 is 6.03 Å². The zero-order valence-corrected chi connectivity index (χ0v) is 19.5. The molecule has 1 saturated heterocycles. The number of benzene rings is 2. The highest BCUT2D eigenvalue weighted by atomic mass is 35.5. The molecule has 0 saturated carbocycles. The van der Waals surface area contributed by atoms with Crippen LogP contribution >= 0.6 is 11.6 Å². The normalized spacial score (nSPS) is 19.6. The van der Waals surface area contributed by atoms with Crippen molar-refractivity contribution >= 4 is 35.0 Å². The average Bonchev–Trinajstić information content (AvgIpc) is 3.33. The number of amidine groups is 1. The fourth-order valence-corrected chi connectivity index (χ4v) is 4.62. The lowest BCUT2D eigenvalue weighted by atomic mass is 9.83. The Morgan fingerprint density at radius 3 is 2.52 bits per heavy atom. The molecule has 33 heavy (non-hydrogen) atoms. The molecule has 170 valence electrons. The largest absolute Gasteiger partial charge is 0.504 e. The van der Waals surface area contributed by atoms with Gasteiger partial charge in [-0.1, -0.05) is 17.7 Å². The Labute approximate surface area is 196 Å². The third kappa shape index (κ3) is 3.41. The molecule has 2 atom stereocenters. The molecule has 3 aromatic rings. The SMILES string of the molecule is COc1ccc([C@H]2c3cnn(C(C)(C)C)c3N=C3NC(=O)N(c4ccc(Cl)cc4)[C@H]32)cc1O. The zero-order valence-electron chi connectivity index (χ0n) is 18.7. The van der Waals surface area contributed by atoms with E-state index in [4.69, 9.17) is 21.3 Å². The number of aromatic hydroxyl groups is 1. The van der Waals surface area contributed by atoms with E-state index in [1.165, 1.54) is 7.11 Å². The Kier molecular flexibility index (Phi) is 4.86. The van der Waals surface area contributed by atoms with Crippen LogP contribution < -0.4 is 15.0 Å². The summed E-state index contributed by atoms with van der Waals surface area (Å²) in [5.74, 6) is 1.31. The number of hydrogen-bond acceptors (Lipinski definition) is 5. The van der Waals surface area contributed by atoms with Crippen LogP contribution in [0, 0.1) is 0 Å². The number of fused-ring (bicyclic) bond motifs is 2. The summed E-state index contributed by atoms with van der Waals surface area (Å²) < 4.78 is 7.09. The molecule has 1 aromatic heterocycles. The van der Waals surface area contributed by atoms with E-state index in [-0.39, 0.29) is 23.2 Å². The molecule has 0 aliphatic carbocycles. The number of phenols is 1. The Balaban J connectivity index is 1.72. The summed E-state index contributed by atoms with van der Waals surface area (Å²) in [5, 5.41) is 18.7. The van der Waals surface area contributed by atoms with E-state index in [1.807, 2.05) is 43.7 Å². The third-order valence-electron chi connectivity index (χ3n) is 5.96. The summed E-state index contributed by atoms with van der Waals surface area (Å²) in [7, 11) is 1.51. The maximum Gasteiger partial charge on any atom is 0.328 e. The van der Waals surface area contributed by atoms with Crippen molar-refractivity contribution in [3.63, 3.8) is 0 Å². The standard InChI is InChI=1S/C24H24ClN5O3/c1-24(2,3)30-22-16(12-26-30)19(13-5-10-18(33-4)17(31)11-13)20-21(27-22)28-23(32)29(20)15-8-6-14(25)7-9-15/h5-12,19-20,31H,1-4H3,(H,27,28,32)/t19-,20-/m0/s1. The molecule has 0 radical (unpaired) electrons. The van der Waals surface area contributed by atoms with Crippen molar-refractivity contribution in [3.05, 3.63) is 64.8 Å². The van der Waals surface area contributed by atoms with Crippen LogP contribution in [0.4, 0.5) is 16.3 Å². The lowest BCUT2D eigenvalue weighted by Crippen LogP contribution is -2.42. The van der Waals surface area contributed by atoms with Gasteiger partial charge in [0.1, 0.15) is 11.9 Å². The van der Waals surface area contributed by atoms with Gasteiger partial charge in [-0.15, -0.1) is 0 Å². The number of urea groups is 1. The van der Waals surface area contributed by atoms with Crippen LogP contribution in [0.25, 0.3) is 0 Å². The van der Waals surface area contributed by atoms with Crippen molar-refractivity contribution in [2.24, 2.45) is 4.99 Å². The molecule has 2 aromatic carbocycles. The Bertz CT molecular complexity index is 1280. The van der Waals surface area contributed by atoms with Gasteiger partial charge in [0.25, 0.3) is 0 Å². The quantitative estimate of drug-likeness (QED) is 0.582. The molecule has 2 aliphatic rings. The van der Waals surface area contributed by atoms with Crippen molar-refractivity contribution in [2.75, 3.05) is 12.0 Å². The van der Waals surface area contributed by atoms with Gasteiger partial charge in [-0.05, 0) is 62.7 Å². The number of nitrogens with one attached hydrogen (secondary N) is 1. The van der Waals surface area contributed by atoms with Gasteiger partial charge in [0.05, 0.1) is 18.8 Å². The second-order valence-electron chi connectivity index (χ2n) is 9.13. The second-order valence-corrected chi connectivity index (χ2v) is 9.57. The lowest BCUT2D eigenvalue weighted by Gasteiger charge is -2.33. The maximum atomic E-state index is 13.1. The van der Waals surface area contributed by atoms with Crippen molar-refractivity contribution < 1.29 is 14.6 Å². The molecular weight excluding hydrogens is 442 g/mol. The molecule has 8 nitrogen and oxygen atoms in total. The van der Waals surface area contributed by atoms with E-state index < -0.39 is 6.04 Å². The third-order valence-corrected chi connectivity index (χ3v) is 6.21. The Morgan fingerprint density at radius 2 is 1.88 bits per heavy atom. The van der Waals surface area contributed by atoms with Gasteiger partial charge in [0, 0.05) is 22.2 Å². The van der Waals surface area contributed by atoms with Crippen LogP contribution in [0.3, 0.4) is 0 Å². The monoisotopic (exact) mass is 465 g/mol. The number of amides is 2. The first-order chi connectivity index (χ1) is 15.7. The van der Waals surface area contributed by atoms with Gasteiger partial charge in [0.2, 0.25) is 0 Å². The number of carbonyl (C=O) groups excluding carboxylic acids is 1. The topological polar surface area (TPSA) is 92.0 Å². The molecular formula is C24H24ClN5O3. The van der Waals surface area contributed by atoms with E-state index in [0.29, 0.717) is 28.1 Å². The molecule has 2 N–H and O–H groups in total. The second kappa shape index (κ2) is 7.52. The maximum absolute atomic E-state index is 13.1. The fraction of sp³-hybridized carbons (Fsp3) is 0.292. The number of anilines is 1. The summed E-state index contributed by atoms with van der Waals surface area (Å²) in [4.78, 5) is 19.7. The van der Waals surface area contributed by atoms with Crippen LogP contribution in [0.15, 0.2) is 53.7 Å². The number of phenolic OH excluding ortho intramolecular Hbond substituents is 1. The molecule has 0 bridgehead atoms. The van der Waals surface area contributed by atoms with Crippen molar-refractivity contribution in [1.82, 2.24) is 15.1 Å². The first-order valence-electron chi connectivity index (χ1n) is 10.6. The molecule has 2 aliphatic heterocycles. The molecule has 5 rings (SSSR count). The minimum absolute atomic E-state index is 0.0270. The number of ether oxygens (including phenoxy) is 1. The van der Waals surface area contributed by atoms with Crippen molar-refractivity contribution in [1.29, 1.82) is 0 Å². The molecule has 0 unspecified atom stereocenters. The van der Waals surface area contributed by atoms with Gasteiger partial charge in [0.15, 0.2) is 17.3 Å². The van der Waals surface area contributed by atoms with Crippen LogP contribution in [-0.4, -0.2) is 39.9 Å². The summed E-state index contributed by atoms with van der Waals surface area (Å²) >= 11 is 6.08. The molecule has 9 heteroatoms. The highest BCUT2D eigenvalue weighted by molar-refractivity contribution is 6.30. The van der Waals surface area contributed by atoms with Gasteiger partial charge < -0.3 is 9.84 Å². The average molecular weight is 466 g/mol. The number of hydrogen-bond donors (Lipinski definition) is 2. The minimum Gasteiger partial charge on any atom is -0.504 e.